The maximum Gasteiger partial charge on any atom is 0.185 e. The molecule has 0 radical (unpaired) electrons. The SMILES string of the molecule is CC1(CN=C(N)N)CCCc2ccccc21.I. The minimum Gasteiger partial charge on any atom is -0.370 e. The van der Waals surface area contributed by atoms with Crippen molar-refractivity contribution in [3.8, 4) is 0 Å². The largest absolute Gasteiger partial charge is 0.370 e. The van der Waals surface area contributed by atoms with E-state index in [1.165, 1.54) is 24.0 Å². The van der Waals surface area contributed by atoms with Gasteiger partial charge in [0.15, 0.2) is 5.96 Å². The number of aryl methyl sites for hydroxylation is 1. The smallest absolute Gasteiger partial charge is 0.185 e. The molecule has 0 bridgehead atoms. The summed E-state index contributed by atoms with van der Waals surface area (Å²) in [6.45, 7) is 2.93. The van der Waals surface area contributed by atoms with Crippen molar-refractivity contribution in [1.82, 2.24) is 0 Å². The summed E-state index contributed by atoms with van der Waals surface area (Å²) in [6, 6.07) is 8.61. The molecular formula is C13H20IN3. The highest BCUT2D eigenvalue weighted by molar-refractivity contribution is 14.0. The molecule has 1 atom stereocenters. The standard InChI is InChI=1S/C13H19N3.HI/c1-13(9-16-12(14)15)8-4-6-10-5-2-3-7-11(10)13;/h2-3,5,7H,4,6,8-9H2,1H3,(H4,14,15,16);1H. The number of nitrogens with two attached hydrogens (primary N) is 2. The second kappa shape index (κ2) is 5.71. The molecule has 0 fully saturated rings. The van der Waals surface area contributed by atoms with Gasteiger partial charge in [-0.05, 0) is 30.4 Å². The summed E-state index contributed by atoms with van der Waals surface area (Å²) in [5.74, 6) is 0.185. The van der Waals surface area contributed by atoms with Gasteiger partial charge < -0.3 is 11.5 Å². The molecule has 1 aromatic rings. The van der Waals surface area contributed by atoms with Crippen LogP contribution in [0.4, 0.5) is 0 Å². The molecular weight excluding hydrogens is 325 g/mol. The summed E-state index contributed by atoms with van der Waals surface area (Å²) in [5.41, 5.74) is 13.8. The summed E-state index contributed by atoms with van der Waals surface area (Å²) in [6.07, 6.45) is 3.54. The molecule has 17 heavy (non-hydrogen) atoms. The highest BCUT2D eigenvalue weighted by Gasteiger charge is 2.31. The molecule has 1 aliphatic rings. The van der Waals surface area contributed by atoms with Gasteiger partial charge in [0.2, 0.25) is 0 Å². The number of hydrogen-bond donors (Lipinski definition) is 2. The fourth-order valence-corrected chi connectivity index (χ4v) is 2.56. The molecule has 2 rings (SSSR count). The fraction of sp³-hybridized carbons (Fsp3) is 0.462. The minimum atomic E-state index is 0. The Bertz CT molecular complexity index is 413. The van der Waals surface area contributed by atoms with Crippen molar-refractivity contribution in [1.29, 1.82) is 0 Å². The minimum absolute atomic E-state index is 0. The van der Waals surface area contributed by atoms with E-state index in [1.807, 2.05) is 0 Å². The third kappa shape index (κ3) is 3.12. The molecule has 0 heterocycles. The molecule has 3 nitrogen and oxygen atoms in total. The van der Waals surface area contributed by atoms with E-state index in [1.54, 1.807) is 0 Å². The topological polar surface area (TPSA) is 64.4 Å². The van der Waals surface area contributed by atoms with Crippen LogP contribution in [-0.4, -0.2) is 12.5 Å². The Balaban J connectivity index is 0.00000144. The van der Waals surface area contributed by atoms with Crippen LogP contribution in [0, 0.1) is 0 Å². The first-order valence-corrected chi connectivity index (χ1v) is 5.76. The fourth-order valence-electron chi connectivity index (χ4n) is 2.56. The van der Waals surface area contributed by atoms with E-state index in [0.717, 1.165) is 6.42 Å². The van der Waals surface area contributed by atoms with E-state index in [4.69, 9.17) is 11.5 Å². The lowest BCUT2D eigenvalue weighted by atomic mass is 9.71. The van der Waals surface area contributed by atoms with Gasteiger partial charge in [-0.1, -0.05) is 31.2 Å². The van der Waals surface area contributed by atoms with Crippen molar-refractivity contribution in [3.63, 3.8) is 0 Å². The van der Waals surface area contributed by atoms with Gasteiger partial charge in [0.25, 0.3) is 0 Å². The first-order chi connectivity index (χ1) is 7.62. The second-order valence-corrected chi connectivity index (χ2v) is 4.81. The Kier molecular flexibility index (Phi) is 4.80. The van der Waals surface area contributed by atoms with E-state index < -0.39 is 0 Å². The molecule has 4 heteroatoms. The lowest BCUT2D eigenvalue weighted by molar-refractivity contribution is 0.405. The first-order valence-electron chi connectivity index (χ1n) is 5.76. The molecule has 1 aliphatic carbocycles. The highest BCUT2D eigenvalue weighted by Crippen LogP contribution is 2.37. The van der Waals surface area contributed by atoms with Crippen molar-refractivity contribution in [2.45, 2.75) is 31.6 Å². The van der Waals surface area contributed by atoms with Crippen molar-refractivity contribution in [2.24, 2.45) is 16.5 Å². The van der Waals surface area contributed by atoms with Gasteiger partial charge >= 0.3 is 0 Å². The van der Waals surface area contributed by atoms with Gasteiger partial charge in [0.05, 0.1) is 6.54 Å². The van der Waals surface area contributed by atoms with Crippen LogP contribution in [0.2, 0.25) is 0 Å². The summed E-state index contributed by atoms with van der Waals surface area (Å²) >= 11 is 0. The van der Waals surface area contributed by atoms with Crippen LogP contribution in [0.1, 0.15) is 30.9 Å². The van der Waals surface area contributed by atoms with Crippen molar-refractivity contribution in [3.05, 3.63) is 35.4 Å². The summed E-state index contributed by atoms with van der Waals surface area (Å²) in [4.78, 5) is 4.19. The number of nitrogens with zero attached hydrogens (tertiary/aromatic N) is 1. The van der Waals surface area contributed by atoms with Crippen molar-refractivity contribution >= 4 is 29.9 Å². The maximum absolute atomic E-state index is 5.42. The molecule has 1 aromatic carbocycles. The van der Waals surface area contributed by atoms with Gasteiger partial charge in [-0.3, -0.25) is 4.99 Å². The normalized spacial score (nSPS) is 22.2. The average Bonchev–Trinajstić information content (AvgIpc) is 2.27. The van der Waals surface area contributed by atoms with Crippen LogP contribution in [0.15, 0.2) is 29.3 Å². The van der Waals surface area contributed by atoms with Crippen molar-refractivity contribution in [2.75, 3.05) is 6.54 Å². The third-order valence-electron chi connectivity index (χ3n) is 3.45. The molecule has 0 saturated heterocycles. The summed E-state index contributed by atoms with van der Waals surface area (Å²) < 4.78 is 0. The molecule has 0 spiro atoms. The predicted molar refractivity (Wildman–Crippen MR) is 82.8 cm³/mol. The van der Waals surface area contributed by atoms with E-state index in [2.05, 4.69) is 36.2 Å². The first kappa shape index (κ1) is 14.3. The number of benzene rings is 1. The van der Waals surface area contributed by atoms with Crippen LogP contribution in [-0.2, 0) is 11.8 Å². The van der Waals surface area contributed by atoms with Gasteiger partial charge in [-0.15, -0.1) is 24.0 Å². The zero-order valence-electron chi connectivity index (χ0n) is 10.1. The number of hydrogen-bond acceptors (Lipinski definition) is 1. The van der Waals surface area contributed by atoms with Gasteiger partial charge in [-0.2, -0.15) is 0 Å². The van der Waals surface area contributed by atoms with E-state index in [9.17, 15) is 0 Å². The Morgan fingerprint density at radius 2 is 2.06 bits per heavy atom. The average molecular weight is 345 g/mol. The number of halogens is 1. The monoisotopic (exact) mass is 345 g/mol. The molecule has 0 aromatic heterocycles. The molecule has 0 saturated carbocycles. The Morgan fingerprint density at radius 3 is 2.76 bits per heavy atom. The van der Waals surface area contributed by atoms with Gasteiger partial charge in [0, 0.05) is 5.41 Å². The van der Waals surface area contributed by atoms with Gasteiger partial charge in [0.1, 0.15) is 0 Å². The number of guanidine groups is 1. The van der Waals surface area contributed by atoms with Crippen LogP contribution < -0.4 is 11.5 Å². The summed E-state index contributed by atoms with van der Waals surface area (Å²) in [5, 5.41) is 0. The zero-order chi connectivity index (χ0) is 11.6. The van der Waals surface area contributed by atoms with Gasteiger partial charge in [-0.25, -0.2) is 0 Å². The number of fused-ring (bicyclic) bond motifs is 1. The maximum atomic E-state index is 5.42. The Morgan fingerprint density at radius 1 is 1.35 bits per heavy atom. The molecule has 4 N–H and O–H groups in total. The van der Waals surface area contributed by atoms with E-state index >= 15 is 0 Å². The lowest BCUT2D eigenvalue weighted by Crippen LogP contribution is -2.33. The molecule has 0 aliphatic heterocycles. The van der Waals surface area contributed by atoms with Crippen molar-refractivity contribution < 1.29 is 0 Å². The zero-order valence-corrected chi connectivity index (χ0v) is 12.5. The quantitative estimate of drug-likeness (QED) is 0.490. The molecule has 1 unspecified atom stereocenters. The predicted octanol–water partition coefficient (Wildman–Crippen LogP) is 2.17. The third-order valence-corrected chi connectivity index (χ3v) is 3.45. The molecule has 94 valence electrons. The Labute approximate surface area is 120 Å². The van der Waals surface area contributed by atoms with Crippen LogP contribution in [0.5, 0.6) is 0 Å². The number of rotatable bonds is 2. The van der Waals surface area contributed by atoms with E-state index in [0.29, 0.717) is 6.54 Å². The number of aliphatic imine (C=N–C) groups is 1. The highest BCUT2D eigenvalue weighted by atomic mass is 127. The van der Waals surface area contributed by atoms with Crippen LogP contribution >= 0.6 is 24.0 Å². The second-order valence-electron chi connectivity index (χ2n) is 4.81. The van der Waals surface area contributed by atoms with Crippen LogP contribution in [0.3, 0.4) is 0 Å². The van der Waals surface area contributed by atoms with Crippen LogP contribution in [0.25, 0.3) is 0 Å². The Hall–Kier alpha value is -0.780. The molecule has 0 amide bonds. The van der Waals surface area contributed by atoms with E-state index in [-0.39, 0.29) is 35.4 Å². The summed E-state index contributed by atoms with van der Waals surface area (Å²) in [7, 11) is 0. The lowest BCUT2D eigenvalue weighted by Gasteiger charge is -2.34.